The largest absolute Gasteiger partial charge is 0.310 e. The van der Waals surface area contributed by atoms with Crippen LogP contribution in [-0.2, 0) is 17.2 Å². The van der Waals surface area contributed by atoms with Gasteiger partial charge in [0.25, 0.3) is 0 Å². The Morgan fingerprint density at radius 1 is 1.05 bits per heavy atom. The van der Waals surface area contributed by atoms with Gasteiger partial charge in [0.15, 0.2) is 0 Å². The summed E-state index contributed by atoms with van der Waals surface area (Å²) >= 11 is 0. The Balaban J connectivity index is 1.76. The van der Waals surface area contributed by atoms with Gasteiger partial charge in [-0.3, -0.25) is 4.21 Å². The molecule has 0 radical (unpaired) electrons. The van der Waals surface area contributed by atoms with Gasteiger partial charge >= 0.3 is 0 Å². The second-order valence-electron chi connectivity index (χ2n) is 5.29. The normalized spacial score (nSPS) is 13.8. The second kappa shape index (κ2) is 8.11. The summed E-state index contributed by atoms with van der Waals surface area (Å²) in [6, 6.07) is 18.9. The summed E-state index contributed by atoms with van der Waals surface area (Å²) < 4.78 is 11.4. The molecule has 3 heteroatoms. The average molecular weight is 301 g/mol. The third kappa shape index (κ3) is 5.10. The molecule has 21 heavy (non-hydrogen) atoms. The number of nitrogens with one attached hydrogen (secondary N) is 1. The average Bonchev–Trinajstić information content (AvgIpc) is 2.52. The fourth-order valence-corrected chi connectivity index (χ4v) is 2.84. The van der Waals surface area contributed by atoms with Crippen LogP contribution < -0.4 is 5.32 Å². The molecule has 2 rings (SSSR count). The predicted octanol–water partition coefficient (Wildman–Crippen LogP) is 3.71. The number of hydrogen-bond donors (Lipinski definition) is 1. The summed E-state index contributed by atoms with van der Waals surface area (Å²) in [5.41, 5.74) is 2.63. The lowest BCUT2D eigenvalue weighted by Crippen LogP contribution is -2.20. The molecular formula is C18H23NOS. The van der Waals surface area contributed by atoms with E-state index in [2.05, 4.69) is 54.7 Å². The molecule has 0 bridgehead atoms. The molecule has 0 aliphatic carbocycles. The highest BCUT2D eigenvalue weighted by molar-refractivity contribution is 7.84. The van der Waals surface area contributed by atoms with E-state index in [-0.39, 0.29) is 0 Å². The molecule has 0 saturated heterocycles. The Bertz CT molecular complexity index is 566. The number of benzene rings is 2. The van der Waals surface area contributed by atoms with E-state index < -0.39 is 10.8 Å². The lowest BCUT2D eigenvalue weighted by molar-refractivity contribution is 0.558. The van der Waals surface area contributed by atoms with Crippen LogP contribution in [0.4, 0.5) is 0 Å². The summed E-state index contributed by atoms with van der Waals surface area (Å²) in [5, 5.41) is 3.54. The van der Waals surface area contributed by atoms with Gasteiger partial charge in [-0.15, -0.1) is 0 Å². The fraction of sp³-hybridized carbons (Fsp3) is 0.333. The van der Waals surface area contributed by atoms with E-state index in [1.165, 1.54) is 11.1 Å². The van der Waals surface area contributed by atoms with Crippen molar-refractivity contribution in [1.29, 1.82) is 0 Å². The monoisotopic (exact) mass is 301 g/mol. The van der Waals surface area contributed by atoms with Gasteiger partial charge in [0.1, 0.15) is 0 Å². The number of rotatable bonds is 7. The smallest absolute Gasteiger partial charge is 0.0498 e. The lowest BCUT2D eigenvalue weighted by atomic mass is 10.1. The van der Waals surface area contributed by atoms with Crippen molar-refractivity contribution >= 4 is 10.8 Å². The van der Waals surface area contributed by atoms with Crippen LogP contribution in [0, 0.1) is 0 Å². The predicted molar refractivity (Wildman–Crippen MR) is 90.0 cm³/mol. The number of hydrogen-bond acceptors (Lipinski definition) is 2. The Morgan fingerprint density at radius 2 is 1.71 bits per heavy atom. The van der Waals surface area contributed by atoms with E-state index in [1.807, 2.05) is 12.1 Å². The van der Waals surface area contributed by atoms with Crippen LogP contribution in [0.25, 0.3) is 0 Å². The van der Waals surface area contributed by atoms with Crippen LogP contribution in [0.2, 0.25) is 0 Å². The van der Waals surface area contributed by atoms with E-state index in [4.69, 9.17) is 0 Å². The molecule has 2 nitrogen and oxygen atoms in total. The SMILES string of the molecule is C[C@H](NCCCc1ccccc1)c1ccc([S@](C)=O)cc1. The van der Waals surface area contributed by atoms with Gasteiger partial charge in [0, 0.05) is 28.0 Å². The van der Waals surface area contributed by atoms with Gasteiger partial charge in [-0.25, -0.2) is 0 Å². The van der Waals surface area contributed by atoms with Gasteiger partial charge in [0.2, 0.25) is 0 Å². The van der Waals surface area contributed by atoms with Gasteiger partial charge in [-0.2, -0.15) is 0 Å². The zero-order valence-corrected chi connectivity index (χ0v) is 13.5. The molecule has 0 aromatic heterocycles. The summed E-state index contributed by atoms with van der Waals surface area (Å²) in [5.74, 6) is 0. The summed E-state index contributed by atoms with van der Waals surface area (Å²) in [4.78, 5) is 0.884. The molecule has 2 atom stereocenters. The van der Waals surface area contributed by atoms with Crippen LogP contribution in [0.5, 0.6) is 0 Å². The molecule has 2 aromatic rings. The summed E-state index contributed by atoms with van der Waals surface area (Å²) in [6.07, 6.45) is 3.94. The standard InChI is InChI=1S/C18H23NOS/c1-15(17-10-12-18(13-11-17)21(2)20)19-14-6-9-16-7-4-3-5-8-16/h3-5,7-8,10-13,15,19H,6,9,14H2,1-2H3/t15-,21-/m0/s1. The van der Waals surface area contributed by atoms with Crippen molar-refractivity contribution < 1.29 is 4.21 Å². The van der Waals surface area contributed by atoms with Gasteiger partial charge in [-0.05, 0) is 49.6 Å². The molecule has 0 unspecified atom stereocenters. The zero-order valence-electron chi connectivity index (χ0n) is 12.7. The molecule has 0 saturated carbocycles. The van der Waals surface area contributed by atoms with Crippen molar-refractivity contribution in [2.24, 2.45) is 0 Å². The highest BCUT2D eigenvalue weighted by Gasteiger charge is 2.05. The first kappa shape index (κ1) is 15.9. The molecular weight excluding hydrogens is 278 g/mol. The molecule has 112 valence electrons. The Morgan fingerprint density at radius 3 is 2.33 bits per heavy atom. The third-order valence-corrected chi connectivity index (χ3v) is 4.58. The van der Waals surface area contributed by atoms with Crippen LogP contribution in [0.15, 0.2) is 59.5 Å². The minimum absolute atomic E-state index is 0.320. The highest BCUT2D eigenvalue weighted by Crippen LogP contribution is 2.15. The fourth-order valence-electron chi connectivity index (χ4n) is 2.32. The van der Waals surface area contributed by atoms with Gasteiger partial charge < -0.3 is 5.32 Å². The number of aryl methyl sites for hydroxylation is 1. The molecule has 0 heterocycles. The quantitative estimate of drug-likeness (QED) is 0.790. The van der Waals surface area contributed by atoms with Crippen LogP contribution in [0.3, 0.4) is 0 Å². The maximum Gasteiger partial charge on any atom is 0.0498 e. The van der Waals surface area contributed by atoms with E-state index in [9.17, 15) is 4.21 Å². The second-order valence-corrected chi connectivity index (χ2v) is 6.67. The van der Waals surface area contributed by atoms with Gasteiger partial charge in [0.05, 0.1) is 0 Å². The van der Waals surface area contributed by atoms with Crippen LogP contribution in [0.1, 0.15) is 30.5 Å². The molecule has 0 amide bonds. The molecule has 0 fully saturated rings. The summed E-state index contributed by atoms with van der Waals surface area (Å²) in [7, 11) is -0.899. The molecule has 0 aliphatic heterocycles. The van der Waals surface area contributed by atoms with E-state index in [1.54, 1.807) is 6.26 Å². The van der Waals surface area contributed by atoms with E-state index in [0.29, 0.717) is 6.04 Å². The first-order chi connectivity index (χ1) is 10.2. The van der Waals surface area contributed by atoms with E-state index in [0.717, 1.165) is 24.3 Å². The maximum absolute atomic E-state index is 11.4. The first-order valence-corrected chi connectivity index (χ1v) is 8.93. The zero-order chi connectivity index (χ0) is 15.1. The maximum atomic E-state index is 11.4. The Labute approximate surface area is 130 Å². The molecule has 1 N–H and O–H groups in total. The highest BCUT2D eigenvalue weighted by atomic mass is 32.2. The van der Waals surface area contributed by atoms with Crippen molar-refractivity contribution in [2.45, 2.75) is 30.7 Å². The van der Waals surface area contributed by atoms with Crippen LogP contribution >= 0.6 is 0 Å². The Kier molecular flexibility index (Phi) is 6.15. The molecule has 0 spiro atoms. The Hall–Kier alpha value is -1.45. The van der Waals surface area contributed by atoms with Crippen molar-refractivity contribution in [2.75, 3.05) is 12.8 Å². The molecule has 0 aliphatic rings. The van der Waals surface area contributed by atoms with Crippen molar-refractivity contribution in [3.63, 3.8) is 0 Å². The van der Waals surface area contributed by atoms with Crippen molar-refractivity contribution in [3.8, 4) is 0 Å². The summed E-state index contributed by atoms with van der Waals surface area (Å²) in [6.45, 7) is 3.16. The van der Waals surface area contributed by atoms with Crippen molar-refractivity contribution in [3.05, 3.63) is 65.7 Å². The van der Waals surface area contributed by atoms with Crippen LogP contribution in [-0.4, -0.2) is 17.0 Å². The molecule has 2 aromatic carbocycles. The van der Waals surface area contributed by atoms with Gasteiger partial charge in [-0.1, -0.05) is 42.5 Å². The first-order valence-electron chi connectivity index (χ1n) is 7.37. The lowest BCUT2D eigenvalue weighted by Gasteiger charge is -2.14. The van der Waals surface area contributed by atoms with Crippen molar-refractivity contribution in [1.82, 2.24) is 5.32 Å². The van der Waals surface area contributed by atoms with E-state index >= 15 is 0 Å². The third-order valence-electron chi connectivity index (χ3n) is 3.65. The minimum Gasteiger partial charge on any atom is -0.310 e. The topological polar surface area (TPSA) is 29.1 Å². The minimum atomic E-state index is -0.899.